The second-order valence-electron chi connectivity index (χ2n) is 7.03. The highest BCUT2D eigenvalue weighted by Gasteiger charge is 2.31. The molecule has 0 aliphatic carbocycles. The molecule has 3 nitrogen and oxygen atoms in total. The summed E-state index contributed by atoms with van der Waals surface area (Å²) in [5.41, 5.74) is 5.82. The van der Waals surface area contributed by atoms with Crippen LogP contribution in [0, 0.1) is 5.92 Å². The van der Waals surface area contributed by atoms with Crippen LogP contribution in [0.25, 0.3) is 0 Å². The molecule has 20 heavy (non-hydrogen) atoms. The standard InChI is InChI=1S/C17H28N2O/c1-12-9-10-20-16(12)15(19-18)11-13-5-7-14(8-6-13)17(2,3)4/h5-8,12,15-16,19H,9-11,18H2,1-4H3. The molecule has 0 aromatic heterocycles. The van der Waals surface area contributed by atoms with Gasteiger partial charge in [-0.05, 0) is 35.3 Å². The number of rotatable bonds is 4. The van der Waals surface area contributed by atoms with E-state index in [2.05, 4.69) is 57.4 Å². The molecular formula is C17H28N2O. The van der Waals surface area contributed by atoms with Crippen LogP contribution < -0.4 is 11.3 Å². The minimum absolute atomic E-state index is 0.188. The van der Waals surface area contributed by atoms with Crippen molar-refractivity contribution >= 4 is 0 Å². The van der Waals surface area contributed by atoms with Crippen molar-refractivity contribution in [2.24, 2.45) is 11.8 Å². The molecule has 1 aromatic rings. The van der Waals surface area contributed by atoms with E-state index in [9.17, 15) is 0 Å². The lowest BCUT2D eigenvalue weighted by atomic mass is 9.86. The first-order chi connectivity index (χ1) is 9.41. The predicted molar refractivity (Wildman–Crippen MR) is 83.5 cm³/mol. The molecule has 1 saturated heterocycles. The Kier molecular flexibility index (Phi) is 4.84. The van der Waals surface area contributed by atoms with E-state index >= 15 is 0 Å². The highest BCUT2D eigenvalue weighted by molar-refractivity contribution is 5.28. The minimum Gasteiger partial charge on any atom is -0.376 e. The molecule has 1 aliphatic rings. The molecule has 0 bridgehead atoms. The van der Waals surface area contributed by atoms with Gasteiger partial charge in [0.05, 0.1) is 12.1 Å². The average molecular weight is 276 g/mol. The topological polar surface area (TPSA) is 47.3 Å². The van der Waals surface area contributed by atoms with Crippen LogP contribution in [0.1, 0.15) is 45.2 Å². The number of nitrogens with two attached hydrogens (primary N) is 1. The van der Waals surface area contributed by atoms with Crippen molar-refractivity contribution < 1.29 is 4.74 Å². The lowest BCUT2D eigenvalue weighted by Gasteiger charge is -2.26. The zero-order valence-corrected chi connectivity index (χ0v) is 13.1. The van der Waals surface area contributed by atoms with Crippen molar-refractivity contribution in [2.45, 2.75) is 58.1 Å². The van der Waals surface area contributed by atoms with Gasteiger partial charge in [0.25, 0.3) is 0 Å². The second-order valence-corrected chi connectivity index (χ2v) is 7.03. The molecule has 3 N–H and O–H groups in total. The fourth-order valence-corrected chi connectivity index (χ4v) is 2.90. The molecular weight excluding hydrogens is 248 g/mol. The highest BCUT2D eigenvalue weighted by Crippen LogP contribution is 2.26. The quantitative estimate of drug-likeness (QED) is 0.656. The lowest BCUT2D eigenvalue weighted by Crippen LogP contribution is -2.47. The Morgan fingerprint density at radius 3 is 2.40 bits per heavy atom. The van der Waals surface area contributed by atoms with Crippen molar-refractivity contribution in [1.29, 1.82) is 0 Å². The third kappa shape index (κ3) is 3.60. The molecule has 0 saturated carbocycles. The number of hydrazine groups is 1. The first kappa shape index (κ1) is 15.5. The van der Waals surface area contributed by atoms with Gasteiger partial charge < -0.3 is 4.74 Å². The Balaban J connectivity index is 2.04. The van der Waals surface area contributed by atoms with Crippen LogP contribution in [0.5, 0.6) is 0 Å². The second kappa shape index (κ2) is 6.25. The minimum atomic E-state index is 0.188. The van der Waals surface area contributed by atoms with Crippen molar-refractivity contribution in [3.05, 3.63) is 35.4 Å². The molecule has 0 amide bonds. The maximum absolute atomic E-state index is 5.83. The van der Waals surface area contributed by atoms with Crippen molar-refractivity contribution in [3.8, 4) is 0 Å². The summed E-state index contributed by atoms with van der Waals surface area (Å²) in [5, 5.41) is 0. The summed E-state index contributed by atoms with van der Waals surface area (Å²) in [6, 6.07) is 9.06. The molecule has 1 fully saturated rings. The molecule has 3 heteroatoms. The van der Waals surface area contributed by atoms with Gasteiger partial charge in [-0.25, -0.2) is 0 Å². The molecule has 1 aromatic carbocycles. The Hall–Kier alpha value is -0.900. The third-order valence-electron chi connectivity index (χ3n) is 4.33. The van der Waals surface area contributed by atoms with Gasteiger partial charge >= 0.3 is 0 Å². The Morgan fingerprint density at radius 1 is 1.30 bits per heavy atom. The van der Waals surface area contributed by atoms with Crippen LogP contribution >= 0.6 is 0 Å². The zero-order chi connectivity index (χ0) is 14.8. The number of benzene rings is 1. The summed E-state index contributed by atoms with van der Waals surface area (Å²) in [5.74, 6) is 6.31. The van der Waals surface area contributed by atoms with Gasteiger partial charge in [-0.2, -0.15) is 0 Å². The van der Waals surface area contributed by atoms with E-state index < -0.39 is 0 Å². The van der Waals surface area contributed by atoms with Crippen molar-refractivity contribution in [1.82, 2.24) is 5.43 Å². The average Bonchev–Trinajstić information content (AvgIpc) is 2.82. The van der Waals surface area contributed by atoms with Crippen molar-refractivity contribution in [2.75, 3.05) is 6.61 Å². The van der Waals surface area contributed by atoms with Gasteiger partial charge in [0.1, 0.15) is 0 Å². The molecule has 3 unspecified atom stereocenters. The predicted octanol–water partition coefficient (Wildman–Crippen LogP) is 2.78. The zero-order valence-electron chi connectivity index (χ0n) is 13.1. The molecule has 1 aliphatic heterocycles. The van der Waals surface area contributed by atoms with Gasteiger partial charge in [-0.1, -0.05) is 52.0 Å². The van der Waals surface area contributed by atoms with Gasteiger partial charge in [-0.15, -0.1) is 0 Å². The van der Waals surface area contributed by atoms with Crippen molar-refractivity contribution in [3.63, 3.8) is 0 Å². The number of hydrogen-bond donors (Lipinski definition) is 2. The van der Waals surface area contributed by atoms with Gasteiger partial charge in [0.2, 0.25) is 0 Å². The summed E-state index contributed by atoms with van der Waals surface area (Å²) < 4.78 is 5.83. The lowest BCUT2D eigenvalue weighted by molar-refractivity contribution is 0.0610. The molecule has 0 spiro atoms. The normalized spacial score (nSPS) is 24.9. The fraction of sp³-hybridized carbons (Fsp3) is 0.647. The third-order valence-corrected chi connectivity index (χ3v) is 4.33. The summed E-state index contributed by atoms with van der Waals surface area (Å²) in [6.45, 7) is 9.80. The molecule has 2 rings (SSSR count). The smallest absolute Gasteiger partial charge is 0.0771 e. The molecule has 1 heterocycles. The summed E-state index contributed by atoms with van der Waals surface area (Å²) in [6.07, 6.45) is 2.27. The Morgan fingerprint density at radius 2 is 1.95 bits per heavy atom. The van der Waals surface area contributed by atoms with E-state index in [1.54, 1.807) is 0 Å². The maximum atomic E-state index is 5.83. The Labute approximate surface area is 122 Å². The Bertz CT molecular complexity index is 422. The maximum Gasteiger partial charge on any atom is 0.0771 e. The van der Waals surface area contributed by atoms with Gasteiger partial charge in [0, 0.05) is 6.61 Å². The van der Waals surface area contributed by atoms with E-state index in [1.165, 1.54) is 11.1 Å². The first-order valence-corrected chi connectivity index (χ1v) is 7.59. The van der Waals surface area contributed by atoms with E-state index in [4.69, 9.17) is 10.6 Å². The first-order valence-electron chi connectivity index (χ1n) is 7.59. The monoisotopic (exact) mass is 276 g/mol. The fourth-order valence-electron chi connectivity index (χ4n) is 2.90. The SMILES string of the molecule is CC1CCOC1C(Cc1ccc(C(C)(C)C)cc1)NN. The summed E-state index contributed by atoms with van der Waals surface area (Å²) in [7, 11) is 0. The van der Waals surface area contributed by atoms with Crippen LogP contribution in [0.2, 0.25) is 0 Å². The number of hydrogen-bond acceptors (Lipinski definition) is 3. The molecule has 112 valence electrons. The highest BCUT2D eigenvalue weighted by atomic mass is 16.5. The molecule has 0 radical (unpaired) electrons. The van der Waals surface area contributed by atoms with Crippen LogP contribution in [0.4, 0.5) is 0 Å². The van der Waals surface area contributed by atoms with E-state index in [0.29, 0.717) is 5.92 Å². The number of ether oxygens (including phenoxy) is 1. The van der Waals surface area contributed by atoms with Gasteiger partial charge in [0.15, 0.2) is 0 Å². The number of nitrogens with one attached hydrogen (secondary N) is 1. The van der Waals surface area contributed by atoms with Crippen LogP contribution in [0.3, 0.4) is 0 Å². The molecule has 3 atom stereocenters. The summed E-state index contributed by atoms with van der Waals surface area (Å²) >= 11 is 0. The van der Waals surface area contributed by atoms with E-state index in [1.807, 2.05) is 0 Å². The van der Waals surface area contributed by atoms with Crippen LogP contribution in [-0.2, 0) is 16.6 Å². The van der Waals surface area contributed by atoms with Crippen LogP contribution in [-0.4, -0.2) is 18.8 Å². The summed E-state index contributed by atoms with van der Waals surface area (Å²) in [4.78, 5) is 0. The largest absolute Gasteiger partial charge is 0.376 e. The van der Waals surface area contributed by atoms with Crippen LogP contribution in [0.15, 0.2) is 24.3 Å². The van der Waals surface area contributed by atoms with E-state index in [-0.39, 0.29) is 17.6 Å². The van der Waals surface area contributed by atoms with Gasteiger partial charge in [-0.3, -0.25) is 11.3 Å². The van der Waals surface area contributed by atoms with E-state index in [0.717, 1.165) is 19.4 Å².